The van der Waals surface area contributed by atoms with Crippen molar-refractivity contribution in [2.75, 3.05) is 6.61 Å². The molecule has 6 heteroatoms. The molecule has 0 unspecified atom stereocenters. The summed E-state index contributed by atoms with van der Waals surface area (Å²) < 4.78 is 43.4. The summed E-state index contributed by atoms with van der Waals surface area (Å²) in [6, 6.07) is 3.44. The highest BCUT2D eigenvalue weighted by molar-refractivity contribution is 6.25. The summed E-state index contributed by atoms with van der Waals surface area (Å²) in [5.74, 6) is -0.280. The number of halogens is 4. The lowest BCUT2D eigenvalue weighted by Crippen LogP contribution is -2.10. The first kappa shape index (κ1) is 14.9. The number of hydrogen-bond donors (Lipinski definition) is 1. The van der Waals surface area contributed by atoms with Crippen molar-refractivity contribution in [2.45, 2.75) is 19.7 Å². The Morgan fingerprint density at radius 2 is 2.11 bits per heavy atom. The first-order valence-electron chi connectivity index (χ1n) is 5.08. The van der Waals surface area contributed by atoms with Gasteiger partial charge in [0.1, 0.15) is 12.4 Å². The van der Waals surface area contributed by atoms with Crippen molar-refractivity contribution in [3.8, 4) is 5.75 Å². The summed E-state index contributed by atoms with van der Waals surface area (Å²) >= 11 is 5.40. The fourth-order valence-corrected chi connectivity index (χ4v) is 1.31. The maximum absolute atomic E-state index is 12.8. The van der Waals surface area contributed by atoms with E-state index in [9.17, 15) is 13.2 Å². The van der Waals surface area contributed by atoms with E-state index in [1.807, 2.05) is 0 Å². The fourth-order valence-electron chi connectivity index (χ4n) is 1.25. The number of aliphatic hydroxyl groups is 1. The molecule has 0 saturated heterocycles. The highest BCUT2D eigenvalue weighted by Crippen LogP contribution is 2.37. The summed E-state index contributed by atoms with van der Waals surface area (Å²) in [6.45, 7) is 1.16. The van der Waals surface area contributed by atoms with Gasteiger partial charge >= 0.3 is 6.18 Å². The molecule has 0 saturated carbocycles. The van der Waals surface area contributed by atoms with Crippen molar-refractivity contribution in [2.24, 2.45) is 0 Å². The maximum atomic E-state index is 12.8. The molecule has 1 aromatic carbocycles. The van der Waals surface area contributed by atoms with Crippen LogP contribution in [-0.2, 0) is 12.8 Å². The van der Waals surface area contributed by atoms with E-state index in [4.69, 9.17) is 21.4 Å². The third-order valence-corrected chi connectivity index (χ3v) is 2.55. The second kappa shape index (κ2) is 6.11. The quantitative estimate of drug-likeness (QED) is 0.911. The molecule has 0 spiro atoms. The number of aliphatic hydroxyl groups excluding tert-OH is 1. The van der Waals surface area contributed by atoms with E-state index >= 15 is 0 Å². The van der Waals surface area contributed by atoms with E-state index in [2.05, 4.69) is 0 Å². The van der Waals surface area contributed by atoms with E-state index in [0.717, 1.165) is 6.07 Å². The lowest BCUT2D eigenvalue weighted by Gasteiger charge is -2.15. The highest BCUT2D eigenvalue weighted by Gasteiger charge is 2.34. The van der Waals surface area contributed by atoms with Crippen LogP contribution in [-0.4, -0.2) is 11.7 Å². The van der Waals surface area contributed by atoms with E-state index in [-0.39, 0.29) is 17.9 Å². The van der Waals surface area contributed by atoms with Gasteiger partial charge in [-0.3, -0.25) is 0 Å². The summed E-state index contributed by atoms with van der Waals surface area (Å²) in [5.41, 5.74) is 1.13. The minimum atomic E-state index is -4.53. The second-order valence-electron chi connectivity index (χ2n) is 3.73. The van der Waals surface area contributed by atoms with Crippen LogP contribution in [0, 0.1) is 0 Å². The molecule has 0 aromatic heterocycles. The van der Waals surface area contributed by atoms with Crippen LogP contribution < -0.4 is 4.74 Å². The van der Waals surface area contributed by atoms with Crippen LogP contribution in [0.5, 0.6) is 5.75 Å². The van der Waals surface area contributed by atoms with Crippen LogP contribution in [0.2, 0.25) is 0 Å². The number of benzene rings is 1. The minimum Gasteiger partial charge on any atom is -0.489 e. The molecular formula is C12H12ClF3O2. The van der Waals surface area contributed by atoms with Crippen molar-refractivity contribution >= 4 is 11.6 Å². The standard InChI is InChI=1S/C12H12ClF3O2/c1-8(5-13)7-18-11-3-2-9(6-17)4-10(11)12(14,15)16/h2-5,17H,6-7H2,1H3/b8-5-. The van der Waals surface area contributed by atoms with Crippen molar-refractivity contribution < 1.29 is 23.0 Å². The van der Waals surface area contributed by atoms with Gasteiger partial charge in [0.05, 0.1) is 12.2 Å². The van der Waals surface area contributed by atoms with Crippen molar-refractivity contribution in [1.82, 2.24) is 0 Å². The smallest absolute Gasteiger partial charge is 0.419 e. The third kappa shape index (κ3) is 3.92. The first-order valence-corrected chi connectivity index (χ1v) is 5.51. The van der Waals surface area contributed by atoms with Crippen molar-refractivity contribution in [1.29, 1.82) is 0 Å². The van der Waals surface area contributed by atoms with Crippen molar-refractivity contribution in [3.63, 3.8) is 0 Å². The van der Waals surface area contributed by atoms with Gasteiger partial charge in [0.15, 0.2) is 0 Å². The summed E-state index contributed by atoms with van der Waals surface area (Å²) in [7, 11) is 0. The van der Waals surface area contributed by atoms with Gasteiger partial charge in [-0.1, -0.05) is 17.7 Å². The van der Waals surface area contributed by atoms with E-state index in [1.165, 1.54) is 17.7 Å². The molecule has 0 aliphatic heterocycles. The summed E-state index contributed by atoms with van der Waals surface area (Å²) in [6.07, 6.45) is -4.53. The lowest BCUT2D eigenvalue weighted by molar-refractivity contribution is -0.139. The van der Waals surface area contributed by atoms with Gasteiger partial charge in [-0.2, -0.15) is 13.2 Å². The fraction of sp³-hybridized carbons (Fsp3) is 0.333. The van der Waals surface area contributed by atoms with Gasteiger partial charge in [0.25, 0.3) is 0 Å². The Balaban J connectivity index is 3.03. The van der Waals surface area contributed by atoms with Gasteiger partial charge in [-0.15, -0.1) is 0 Å². The van der Waals surface area contributed by atoms with Crippen LogP contribution in [0.1, 0.15) is 18.1 Å². The van der Waals surface area contributed by atoms with Crippen LogP contribution >= 0.6 is 11.6 Å². The molecule has 1 N–H and O–H groups in total. The van der Waals surface area contributed by atoms with Gasteiger partial charge in [0, 0.05) is 5.54 Å². The number of hydrogen-bond acceptors (Lipinski definition) is 2. The van der Waals surface area contributed by atoms with Gasteiger partial charge < -0.3 is 9.84 Å². The molecule has 2 nitrogen and oxygen atoms in total. The zero-order chi connectivity index (χ0) is 13.8. The lowest BCUT2D eigenvalue weighted by atomic mass is 10.1. The Morgan fingerprint density at radius 3 is 2.61 bits per heavy atom. The van der Waals surface area contributed by atoms with Crippen molar-refractivity contribution in [3.05, 3.63) is 40.4 Å². The Hall–Kier alpha value is -1.20. The molecule has 0 bridgehead atoms. The molecule has 0 heterocycles. The summed E-state index contributed by atoms with van der Waals surface area (Å²) in [4.78, 5) is 0. The van der Waals surface area contributed by atoms with Gasteiger partial charge in [-0.25, -0.2) is 0 Å². The van der Waals surface area contributed by atoms with Gasteiger partial charge in [-0.05, 0) is 30.2 Å². The van der Waals surface area contributed by atoms with Crippen LogP contribution in [0.25, 0.3) is 0 Å². The Labute approximate surface area is 108 Å². The number of alkyl halides is 3. The Bertz CT molecular complexity index is 441. The van der Waals surface area contributed by atoms with Gasteiger partial charge in [0.2, 0.25) is 0 Å². The number of rotatable bonds is 4. The molecule has 1 rings (SSSR count). The second-order valence-corrected chi connectivity index (χ2v) is 3.95. The molecule has 1 aromatic rings. The molecule has 0 amide bonds. The molecule has 0 aliphatic carbocycles. The maximum Gasteiger partial charge on any atom is 0.419 e. The zero-order valence-corrected chi connectivity index (χ0v) is 10.3. The molecule has 18 heavy (non-hydrogen) atoms. The van der Waals surface area contributed by atoms with Crippen LogP contribution in [0.3, 0.4) is 0 Å². The minimum absolute atomic E-state index is 0.0228. The summed E-state index contributed by atoms with van der Waals surface area (Å²) in [5, 5.41) is 8.84. The molecule has 0 aliphatic rings. The SMILES string of the molecule is C/C(=C/Cl)COc1ccc(CO)cc1C(F)(F)F. The van der Waals surface area contributed by atoms with E-state index in [1.54, 1.807) is 6.92 Å². The van der Waals surface area contributed by atoms with Crippen LogP contribution in [0.4, 0.5) is 13.2 Å². The Morgan fingerprint density at radius 1 is 1.44 bits per heavy atom. The largest absolute Gasteiger partial charge is 0.489 e. The monoisotopic (exact) mass is 280 g/mol. The molecular weight excluding hydrogens is 269 g/mol. The topological polar surface area (TPSA) is 29.5 Å². The predicted molar refractivity (Wildman–Crippen MR) is 62.5 cm³/mol. The van der Waals surface area contributed by atoms with Crippen LogP contribution in [0.15, 0.2) is 29.3 Å². The average Bonchev–Trinajstić information content (AvgIpc) is 2.34. The zero-order valence-electron chi connectivity index (χ0n) is 9.59. The molecule has 0 atom stereocenters. The molecule has 0 fully saturated rings. The molecule has 0 radical (unpaired) electrons. The number of ether oxygens (including phenoxy) is 1. The first-order chi connectivity index (χ1) is 8.38. The predicted octanol–water partition coefficient (Wildman–Crippen LogP) is 3.72. The van der Waals surface area contributed by atoms with E-state index in [0.29, 0.717) is 5.57 Å². The molecule has 100 valence electrons. The average molecular weight is 281 g/mol. The Kier molecular flexibility index (Phi) is 5.04. The third-order valence-electron chi connectivity index (χ3n) is 2.17. The van der Waals surface area contributed by atoms with E-state index < -0.39 is 18.3 Å². The highest BCUT2D eigenvalue weighted by atomic mass is 35.5. The normalized spacial score (nSPS) is 12.7.